The van der Waals surface area contributed by atoms with E-state index in [1.165, 1.54) is 16.5 Å². The van der Waals surface area contributed by atoms with Crippen LogP contribution in [0.4, 0.5) is 0 Å². The molecule has 3 aromatic heterocycles. The van der Waals surface area contributed by atoms with E-state index in [2.05, 4.69) is 25.4 Å². The van der Waals surface area contributed by atoms with Crippen molar-refractivity contribution in [1.82, 2.24) is 34.7 Å². The van der Waals surface area contributed by atoms with Crippen LogP contribution in [0.25, 0.3) is 22.6 Å². The minimum Gasteiger partial charge on any atom is -0.491 e. The third-order valence-corrected chi connectivity index (χ3v) is 5.20. The van der Waals surface area contributed by atoms with E-state index in [4.69, 9.17) is 9.26 Å². The molecule has 0 atom stereocenters. The van der Waals surface area contributed by atoms with Crippen LogP contribution >= 0.6 is 0 Å². The summed E-state index contributed by atoms with van der Waals surface area (Å²) in [4.78, 5) is 21.8. The Bertz CT molecular complexity index is 1480. The quantitative estimate of drug-likeness (QED) is 0.366. The monoisotopic (exact) mass is 457 g/mol. The van der Waals surface area contributed by atoms with Gasteiger partial charge in [0.25, 0.3) is 5.56 Å². The van der Waals surface area contributed by atoms with Gasteiger partial charge < -0.3 is 9.26 Å². The summed E-state index contributed by atoms with van der Waals surface area (Å²) in [5.41, 5.74) is 3.30. The molecule has 5 aromatic rings. The molecule has 0 saturated carbocycles. The van der Waals surface area contributed by atoms with E-state index in [-0.39, 0.29) is 29.6 Å². The van der Waals surface area contributed by atoms with Crippen LogP contribution < -0.4 is 10.3 Å². The van der Waals surface area contributed by atoms with Crippen molar-refractivity contribution in [3.8, 4) is 17.1 Å². The second-order valence-electron chi connectivity index (χ2n) is 8.29. The van der Waals surface area contributed by atoms with Crippen LogP contribution in [0.2, 0.25) is 0 Å². The van der Waals surface area contributed by atoms with Gasteiger partial charge in [-0.05, 0) is 50.6 Å². The van der Waals surface area contributed by atoms with Gasteiger partial charge in [-0.25, -0.2) is 9.67 Å². The van der Waals surface area contributed by atoms with Gasteiger partial charge in [-0.15, -0.1) is 5.10 Å². The number of benzene rings is 2. The fourth-order valence-electron chi connectivity index (χ4n) is 3.51. The lowest BCUT2D eigenvalue weighted by Crippen LogP contribution is -2.21. The van der Waals surface area contributed by atoms with E-state index < -0.39 is 0 Å². The molecule has 0 saturated heterocycles. The first-order valence-electron chi connectivity index (χ1n) is 10.9. The predicted molar refractivity (Wildman–Crippen MR) is 124 cm³/mol. The van der Waals surface area contributed by atoms with Crippen molar-refractivity contribution in [3.63, 3.8) is 0 Å². The first-order valence-corrected chi connectivity index (χ1v) is 10.9. The van der Waals surface area contributed by atoms with E-state index >= 15 is 0 Å². The minimum absolute atomic E-state index is 0.0775. The summed E-state index contributed by atoms with van der Waals surface area (Å²) in [6, 6.07) is 15.5. The molecule has 3 heterocycles. The van der Waals surface area contributed by atoms with Crippen molar-refractivity contribution >= 4 is 11.2 Å². The molecule has 10 heteroatoms. The normalized spacial score (nSPS) is 11.4. The Kier molecular flexibility index (Phi) is 5.62. The fraction of sp³-hybridized carbons (Fsp3) is 0.250. The highest BCUT2D eigenvalue weighted by Gasteiger charge is 2.15. The molecule has 0 aliphatic carbocycles. The highest BCUT2D eigenvalue weighted by Crippen LogP contribution is 2.21. The molecule has 34 heavy (non-hydrogen) atoms. The average molecular weight is 457 g/mol. The SMILES string of the molecule is Cc1ccc(Cn2nnc3c(=O)n(Cc4nc(-c5ccc(OC(C)C)cc5)no4)cnc32)cc1. The number of hydrogen-bond acceptors (Lipinski definition) is 8. The van der Waals surface area contributed by atoms with Crippen LogP contribution in [-0.4, -0.2) is 40.8 Å². The van der Waals surface area contributed by atoms with Gasteiger partial charge in [-0.1, -0.05) is 40.2 Å². The highest BCUT2D eigenvalue weighted by molar-refractivity contribution is 5.67. The highest BCUT2D eigenvalue weighted by atomic mass is 16.5. The molecule has 0 radical (unpaired) electrons. The van der Waals surface area contributed by atoms with Gasteiger partial charge >= 0.3 is 0 Å². The molecule has 10 nitrogen and oxygen atoms in total. The second kappa shape index (κ2) is 8.89. The first-order chi connectivity index (χ1) is 16.5. The van der Waals surface area contributed by atoms with Gasteiger partial charge in [0.05, 0.1) is 12.6 Å². The largest absolute Gasteiger partial charge is 0.491 e. The van der Waals surface area contributed by atoms with Gasteiger partial charge in [-0.3, -0.25) is 9.36 Å². The van der Waals surface area contributed by atoms with Crippen LogP contribution in [0.5, 0.6) is 5.75 Å². The summed E-state index contributed by atoms with van der Waals surface area (Å²) >= 11 is 0. The Morgan fingerprint density at radius 2 is 1.79 bits per heavy atom. The third-order valence-electron chi connectivity index (χ3n) is 5.20. The molecular weight excluding hydrogens is 434 g/mol. The van der Waals surface area contributed by atoms with E-state index in [0.29, 0.717) is 18.0 Å². The number of fused-ring (bicyclic) bond motifs is 1. The number of ether oxygens (including phenoxy) is 1. The fourth-order valence-corrected chi connectivity index (χ4v) is 3.51. The third kappa shape index (κ3) is 4.42. The van der Waals surface area contributed by atoms with Crippen LogP contribution in [0, 0.1) is 6.92 Å². The molecule has 0 fully saturated rings. The number of rotatable bonds is 7. The molecule has 172 valence electrons. The lowest BCUT2D eigenvalue weighted by atomic mass is 10.1. The summed E-state index contributed by atoms with van der Waals surface area (Å²) in [6.07, 6.45) is 1.54. The van der Waals surface area contributed by atoms with Crippen molar-refractivity contribution in [2.24, 2.45) is 0 Å². The standard InChI is InChI=1S/C24H23N7O3/c1-15(2)33-19-10-8-18(9-11-19)22-26-20(34-28-22)13-30-14-25-23-21(24(30)32)27-29-31(23)12-17-6-4-16(3)5-7-17/h4-11,14-15H,12-13H2,1-3H3. The van der Waals surface area contributed by atoms with Crippen LogP contribution in [0.3, 0.4) is 0 Å². The van der Waals surface area contributed by atoms with Crippen LogP contribution in [-0.2, 0) is 13.1 Å². The van der Waals surface area contributed by atoms with Gasteiger partial charge in [-0.2, -0.15) is 4.98 Å². The average Bonchev–Trinajstić information content (AvgIpc) is 3.45. The topological polar surface area (TPSA) is 114 Å². The first kappa shape index (κ1) is 21.5. The van der Waals surface area contributed by atoms with Crippen molar-refractivity contribution in [1.29, 1.82) is 0 Å². The Morgan fingerprint density at radius 3 is 2.53 bits per heavy atom. The molecule has 0 bridgehead atoms. The molecule has 0 aliphatic rings. The molecule has 0 aliphatic heterocycles. The van der Waals surface area contributed by atoms with Gasteiger partial charge in [0.1, 0.15) is 18.6 Å². The maximum Gasteiger partial charge on any atom is 0.283 e. The summed E-state index contributed by atoms with van der Waals surface area (Å²) < 4.78 is 14.0. The second-order valence-corrected chi connectivity index (χ2v) is 8.29. The lowest BCUT2D eigenvalue weighted by Gasteiger charge is -2.09. The Hall–Kier alpha value is -4.34. The number of aromatic nitrogens is 7. The zero-order valence-corrected chi connectivity index (χ0v) is 19.0. The maximum absolute atomic E-state index is 12.9. The van der Waals surface area contributed by atoms with Crippen LogP contribution in [0.1, 0.15) is 30.9 Å². The lowest BCUT2D eigenvalue weighted by molar-refractivity contribution is 0.242. The van der Waals surface area contributed by atoms with E-state index in [0.717, 1.165) is 16.9 Å². The summed E-state index contributed by atoms with van der Waals surface area (Å²) in [5.74, 6) is 1.48. The smallest absolute Gasteiger partial charge is 0.283 e. The minimum atomic E-state index is -0.324. The van der Waals surface area contributed by atoms with Crippen molar-refractivity contribution in [2.45, 2.75) is 40.0 Å². The Balaban J connectivity index is 1.34. The zero-order valence-electron chi connectivity index (χ0n) is 19.0. The summed E-state index contributed by atoms with van der Waals surface area (Å²) in [5, 5.41) is 12.2. The molecule has 0 N–H and O–H groups in total. The van der Waals surface area contributed by atoms with Gasteiger partial charge in [0, 0.05) is 5.56 Å². The molecule has 0 amide bonds. The van der Waals surface area contributed by atoms with Crippen molar-refractivity contribution < 1.29 is 9.26 Å². The van der Waals surface area contributed by atoms with E-state index in [1.54, 1.807) is 4.68 Å². The number of hydrogen-bond donors (Lipinski definition) is 0. The Morgan fingerprint density at radius 1 is 1.03 bits per heavy atom. The molecule has 2 aromatic carbocycles. The van der Waals surface area contributed by atoms with Crippen molar-refractivity contribution in [3.05, 3.63) is 82.2 Å². The van der Waals surface area contributed by atoms with Gasteiger partial charge in [0.2, 0.25) is 11.7 Å². The number of aryl methyl sites for hydroxylation is 1. The van der Waals surface area contributed by atoms with Crippen LogP contribution in [0.15, 0.2) is 64.2 Å². The molecule has 0 spiro atoms. The molecular formula is C24H23N7O3. The van der Waals surface area contributed by atoms with E-state index in [9.17, 15) is 4.79 Å². The predicted octanol–water partition coefficient (Wildman–Crippen LogP) is 3.23. The number of nitrogens with zero attached hydrogens (tertiary/aromatic N) is 7. The maximum atomic E-state index is 12.9. The zero-order chi connectivity index (χ0) is 23.7. The Labute approximate surface area is 194 Å². The van der Waals surface area contributed by atoms with Gasteiger partial charge in [0.15, 0.2) is 11.2 Å². The molecule has 0 unspecified atom stereocenters. The van der Waals surface area contributed by atoms with E-state index in [1.807, 2.05) is 69.3 Å². The summed E-state index contributed by atoms with van der Waals surface area (Å²) in [6.45, 7) is 6.52. The summed E-state index contributed by atoms with van der Waals surface area (Å²) in [7, 11) is 0. The molecule has 5 rings (SSSR count). The van der Waals surface area contributed by atoms with Crippen molar-refractivity contribution in [2.75, 3.05) is 0 Å².